The van der Waals surface area contributed by atoms with Gasteiger partial charge >= 0.3 is 0 Å². The highest BCUT2D eigenvalue weighted by molar-refractivity contribution is 7.78. The van der Waals surface area contributed by atoms with Crippen LogP contribution in [0.1, 0.15) is 43.2 Å². The van der Waals surface area contributed by atoms with Gasteiger partial charge in [-0.1, -0.05) is 62.9 Å². The summed E-state index contributed by atoms with van der Waals surface area (Å²) < 4.78 is 5.27. The number of anilines is 1. The third kappa shape index (κ3) is 15.7. The van der Waals surface area contributed by atoms with Crippen LogP contribution < -0.4 is 16.0 Å². The summed E-state index contributed by atoms with van der Waals surface area (Å²) in [5, 5.41) is 3.48. The number of thiocarbonyl (C=S) groups is 1. The predicted molar refractivity (Wildman–Crippen MR) is 139 cm³/mol. The van der Waals surface area contributed by atoms with Crippen LogP contribution in [0.4, 0.5) is 5.82 Å². The topological polar surface area (TPSA) is 84.4 Å². The van der Waals surface area contributed by atoms with E-state index in [0.717, 1.165) is 11.2 Å². The molecule has 0 bridgehead atoms. The van der Waals surface area contributed by atoms with Crippen molar-refractivity contribution in [2.24, 2.45) is 5.73 Å². The molecule has 7 heteroatoms. The molecule has 0 saturated carbocycles. The average Bonchev–Trinajstić information content (AvgIpc) is 3.23. The molecule has 0 aliphatic rings. The van der Waals surface area contributed by atoms with E-state index in [1.165, 1.54) is 31.2 Å². The van der Waals surface area contributed by atoms with Crippen LogP contribution in [0.2, 0.25) is 0 Å². The molecular formula is C24H38N4O2S. The zero-order chi connectivity index (χ0) is 23.9. The first-order valence-corrected chi connectivity index (χ1v) is 10.6. The van der Waals surface area contributed by atoms with Crippen LogP contribution in [0, 0.1) is 0 Å². The smallest absolute Gasteiger partial charge is 0.185 e. The molecule has 2 aromatic rings. The number of allylic oxidation sites excluding steroid dienone is 3. The Hall–Kier alpha value is -2.77. The Kier molecular flexibility index (Phi) is 21.5. The van der Waals surface area contributed by atoms with Gasteiger partial charge in [-0.25, -0.2) is 4.98 Å². The molecule has 0 saturated heterocycles. The summed E-state index contributed by atoms with van der Waals surface area (Å²) in [6, 6.07) is 3.44. The Morgan fingerprint density at radius 3 is 2.42 bits per heavy atom. The van der Waals surface area contributed by atoms with E-state index in [1.54, 1.807) is 31.5 Å². The maximum Gasteiger partial charge on any atom is 0.185 e. The minimum Gasteiger partial charge on any atom is -0.453 e. The highest BCUT2D eigenvalue weighted by Crippen LogP contribution is 2.25. The Balaban J connectivity index is 0. The van der Waals surface area contributed by atoms with Crippen LogP contribution in [0.5, 0.6) is 0 Å². The average molecular weight is 447 g/mol. The SMILES string of the molecule is C=C/C=C/CCCCC.C=CCN.CN(C)c1nccc2oc(C=O)cc12.CNC=S. The number of nitrogens with one attached hydrogen (secondary N) is 1. The zero-order valence-electron chi connectivity index (χ0n) is 19.3. The number of unbranched alkanes of at least 4 members (excludes halogenated alkanes) is 3. The highest BCUT2D eigenvalue weighted by atomic mass is 32.1. The summed E-state index contributed by atoms with van der Waals surface area (Å²) in [7, 11) is 5.57. The summed E-state index contributed by atoms with van der Waals surface area (Å²) in [6.45, 7) is 9.75. The van der Waals surface area contributed by atoms with Crippen molar-refractivity contribution in [3.05, 3.63) is 61.6 Å². The highest BCUT2D eigenvalue weighted by Gasteiger charge is 2.09. The predicted octanol–water partition coefficient (Wildman–Crippen LogP) is 5.31. The standard InChI is InChI=1S/C10H10N2O2.C9H16.C3H7N.C2H5NS/c1-12(2)10-8-5-7(6-13)14-9(8)3-4-11-10;1-3-5-7-9-8-6-4-2;1-2-3-4;1-3-2-4/h3-6H,1-2H3;3,5,7H,1,4,6,8-9H2,2H3;2H,1,3-4H2;2H,1H3,(H,3,4)/b;7-5+;;. The monoisotopic (exact) mass is 446 g/mol. The van der Waals surface area contributed by atoms with Gasteiger partial charge in [-0.15, -0.1) is 6.58 Å². The summed E-state index contributed by atoms with van der Waals surface area (Å²) in [6.07, 6.45) is 15.2. The van der Waals surface area contributed by atoms with Gasteiger partial charge in [0.05, 0.1) is 10.9 Å². The second-order valence-electron chi connectivity index (χ2n) is 6.30. The van der Waals surface area contributed by atoms with Gasteiger partial charge in [-0.05, 0) is 25.0 Å². The first-order chi connectivity index (χ1) is 15.0. The van der Waals surface area contributed by atoms with Crippen molar-refractivity contribution in [2.75, 3.05) is 32.6 Å². The second kappa shape index (κ2) is 21.9. The van der Waals surface area contributed by atoms with Crippen LogP contribution in [-0.4, -0.2) is 44.4 Å². The van der Waals surface area contributed by atoms with Crippen LogP contribution in [0.15, 0.2) is 60.2 Å². The van der Waals surface area contributed by atoms with Crippen molar-refractivity contribution >= 4 is 40.8 Å². The van der Waals surface area contributed by atoms with Gasteiger partial charge in [0.2, 0.25) is 0 Å². The number of hydrogen-bond acceptors (Lipinski definition) is 6. The number of pyridine rings is 1. The molecule has 0 radical (unpaired) electrons. The normalized spacial score (nSPS) is 9.19. The molecule has 0 fully saturated rings. The van der Waals surface area contributed by atoms with E-state index in [9.17, 15) is 4.79 Å². The molecule has 2 rings (SSSR count). The maximum atomic E-state index is 10.5. The number of nitrogens with two attached hydrogens (primary N) is 1. The first-order valence-electron chi connectivity index (χ1n) is 10.2. The minimum absolute atomic E-state index is 0.330. The Bertz CT molecular complexity index is 762. The molecule has 31 heavy (non-hydrogen) atoms. The maximum absolute atomic E-state index is 10.5. The zero-order valence-corrected chi connectivity index (χ0v) is 20.2. The lowest BCUT2D eigenvalue weighted by molar-refractivity contribution is 0.110. The van der Waals surface area contributed by atoms with Gasteiger partial charge in [-0.2, -0.15) is 0 Å². The molecule has 0 atom stereocenters. The molecule has 0 unspecified atom stereocenters. The Labute approximate surface area is 192 Å². The van der Waals surface area contributed by atoms with Crippen molar-refractivity contribution in [1.82, 2.24) is 10.3 Å². The van der Waals surface area contributed by atoms with Gasteiger partial charge in [-0.3, -0.25) is 4.79 Å². The summed E-state index contributed by atoms with van der Waals surface area (Å²) >= 11 is 4.32. The molecule has 0 amide bonds. The molecule has 0 spiro atoms. The van der Waals surface area contributed by atoms with E-state index in [0.29, 0.717) is 24.2 Å². The number of carbonyl (C=O) groups is 1. The van der Waals surface area contributed by atoms with E-state index >= 15 is 0 Å². The first kappa shape index (κ1) is 30.4. The molecule has 172 valence electrons. The lowest BCUT2D eigenvalue weighted by atomic mass is 10.2. The van der Waals surface area contributed by atoms with E-state index in [1.807, 2.05) is 31.1 Å². The molecule has 6 nitrogen and oxygen atoms in total. The minimum atomic E-state index is 0.330. The number of aldehydes is 1. The van der Waals surface area contributed by atoms with Crippen LogP contribution >= 0.6 is 12.2 Å². The summed E-state index contributed by atoms with van der Waals surface area (Å²) in [5.74, 6) is 1.13. The van der Waals surface area contributed by atoms with Gasteiger partial charge in [0.25, 0.3) is 0 Å². The molecule has 0 aromatic carbocycles. The largest absolute Gasteiger partial charge is 0.453 e. The summed E-state index contributed by atoms with van der Waals surface area (Å²) in [4.78, 5) is 16.6. The fourth-order valence-corrected chi connectivity index (χ4v) is 2.09. The fourth-order valence-electron chi connectivity index (χ4n) is 2.09. The van der Waals surface area contributed by atoms with Crippen molar-refractivity contribution in [2.45, 2.75) is 32.6 Å². The molecular weight excluding hydrogens is 408 g/mol. The van der Waals surface area contributed by atoms with Crippen molar-refractivity contribution < 1.29 is 9.21 Å². The quantitative estimate of drug-likeness (QED) is 0.177. The van der Waals surface area contributed by atoms with Crippen LogP contribution in [0.25, 0.3) is 11.0 Å². The van der Waals surface area contributed by atoms with Crippen LogP contribution in [0.3, 0.4) is 0 Å². The fraction of sp³-hybridized carbons (Fsp3) is 0.375. The lowest BCUT2D eigenvalue weighted by Crippen LogP contribution is -2.10. The molecule has 0 aliphatic heterocycles. The Morgan fingerprint density at radius 2 is 1.97 bits per heavy atom. The van der Waals surface area contributed by atoms with Crippen molar-refractivity contribution in [3.8, 4) is 0 Å². The number of nitrogens with zero attached hydrogens (tertiary/aromatic N) is 2. The number of fused-ring (bicyclic) bond motifs is 1. The van der Waals surface area contributed by atoms with Crippen molar-refractivity contribution in [1.29, 1.82) is 0 Å². The molecule has 3 N–H and O–H groups in total. The number of rotatable bonds is 9. The van der Waals surface area contributed by atoms with Gasteiger partial charge in [0.15, 0.2) is 12.0 Å². The van der Waals surface area contributed by atoms with Crippen molar-refractivity contribution in [3.63, 3.8) is 0 Å². The van der Waals surface area contributed by atoms with Crippen LogP contribution in [-0.2, 0) is 0 Å². The number of carbonyl (C=O) groups excluding carboxylic acids is 1. The van der Waals surface area contributed by atoms with E-state index in [2.05, 4.69) is 48.7 Å². The van der Waals surface area contributed by atoms with E-state index in [4.69, 9.17) is 10.2 Å². The van der Waals surface area contributed by atoms with E-state index < -0.39 is 0 Å². The van der Waals surface area contributed by atoms with Gasteiger partial charge < -0.3 is 20.4 Å². The van der Waals surface area contributed by atoms with Gasteiger partial charge in [0, 0.05) is 33.9 Å². The van der Waals surface area contributed by atoms with Gasteiger partial charge in [0.1, 0.15) is 11.4 Å². The molecule has 2 heterocycles. The lowest BCUT2D eigenvalue weighted by Gasteiger charge is -2.10. The third-order valence-corrected chi connectivity index (χ3v) is 3.75. The Morgan fingerprint density at radius 1 is 1.32 bits per heavy atom. The molecule has 2 aromatic heterocycles. The van der Waals surface area contributed by atoms with E-state index in [-0.39, 0.29) is 0 Å². The number of hydrogen-bond donors (Lipinski definition) is 2. The number of aromatic nitrogens is 1. The number of furan rings is 1. The second-order valence-corrected chi connectivity index (χ2v) is 6.53. The molecule has 0 aliphatic carbocycles. The summed E-state index contributed by atoms with van der Waals surface area (Å²) in [5.41, 5.74) is 7.05. The third-order valence-electron chi connectivity index (χ3n) is 3.51.